The van der Waals surface area contributed by atoms with Crippen molar-refractivity contribution in [3.63, 3.8) is 0 Å². The van der Waals surface area contributed by atoms with E-state index in [2.05, 4.69) is 33.4 Å². The summed E-state index contributed by atoms with van der Waals surface area (Å²) in [5.74, 6) is 0. The van der Waals surface area contributed by atoms with Crippen molar-refractivity contribution in [2.45, 2.75) is 38.6 Å². The van der Waals surface area contributed by atoms with Crippen LogP contribution in [0.2, 0.25) is 0 Å². The summed E-state index contributed by atoms with van der Waals surface area (Å²) in [6, 6.07) is 2.82. The van der Waals surface area contributed by atoms with Crippen LogP contribution in [0.1, 0.15) is 36.5 Å². The van der Waals surface area contributed by atoms with Crippen molar-refractivity contribution < 1.29 is 0 Å². The van der Waals surface area contributed by atoms with Gasteiger partial charge in [0.25, 0.3) is 0 Å². The fourth-order valence-electron chi connectivity index (χ4n) is 3.80. The largest absolute Gasteiger partial charge is 0.311 e. The van der Waals surface area contributed by atoms with Crippen LogP contribution in [-0.2, 0) is 12.8 Å². The average molecular weight is 296 g/mol. The van der Waals surface area contributed by atoms with Gasteiger partial charge in [0.15, 0.2) is 0 Å². The molecule has 6 heteroatoms. The Bertz CT molecular complexity index is 712. The van der Waals surface area contributed by atoms with Crippen molar-refractivity contribution >= 4 is 0 Å². The molecule has 0 spiro atoms. The molecule has 1 N–H and O–H groups in total. The first-order valence-electron chi connectivity index (χ1n) is 8.05. The highest BCUT2D eigenvalue weighted by atomic mass is 15.7. The Hall–Kier alpha value is -2.13. The Morgan fingerprint density at radius 1 is 1.32 bits per heavy atom. The van der Waals surface area contributed by atoms with E-state index in [4.69, 9.17) is 0 Å². The van der Waals surface area contributed by atoms with Gasteiger partial charge < -0.3 is 5.32 Å². The maximum absolute atomic E-state index is 9.58. The van der Waals surface area contributed by atoms with E-state index >= 15 is 0 Å². The van der Waals surface area contributed by atoms with Gasteiger partial charge in [-0.1, -0.05) is 0 Å². The fourth-order valence-corrected chi connectivity index (χ4v) is 3.80. The first-order chi connectivity index (χ1) is 10.8. The van der Waals surface area contributed by atoms with E-state index in [9.17, 15) is 5.26 Å². The van der Waals surface area contributed by atoms with Crippen molar-refractivity contribution in [1.82, 2.24) is 20.2 Å². The van der Waals surface area contributed by atoms with Crippen LogP contribution in [0.3, 0.4) is 0 Å². The lowest BCUT2D eigenvalue weighted by Gasteiger charge is -2.35. The van der Waals surface area contributed by atoms with Crippen LogP contribution in [0, 0.1) is 11.3 Å². The number of hydrogen-bond acceptors (Lipinski definition) is 5. The summed E-state index contributed by atoms with van der Waals surface area (Å²) >= 11 is 0. The smallest absolute Gasteiger partial charge is 0.138 e. The summed E-state index contributed by atoms with van der Waals surface area (Å²) in [5, 5.41) is 19.8. The predicted octanol–water partition coefficient (Wildman–Crippen LogP) is 1.06. The Kier molecular flexibility index (Phi) is 3.23. The molecule has 0 bridgehead atoms. The van der Waals surface area contributed by atoms with E-state index in [0.717, 1.165) is 55.8 Å². The van der Waals surface area contributed by atoms with Crippen molar-refractivity contribution in [3.05, 3.63) is 23.0 Å². The van der Waals surface area contributed by atoms with Gasteiger partial charge in [-0.25, -0.2) is 4.98 Å². The molecule has 0 aromatic rings. The van der Waals surface area contributed by atoms with Crippen LogP contribution in [0.15, 0.2) is 6.33 Å². The molecular formula is C16H20N6. The molecule has 1 atom stereocenters. The lowest BCUT2D eigenvalue weighted by atomic mass is 9.94. The van der Waals surface area contributed by atoms with Gasteiger partial charge in [-0.3, -0.25) is 5.01 Å². The summed E-state index contributed by atoms with van der Waals surface area (Å²) in [7, 11) is 0. The van der Waals surface area contributed by atoms with Crippen LogP contribution < -0.4 is 10.3 Å². The molecule has 0 aromatic heterocycles. The van der Waals surface area contributed by atoms with Gasteiger partial charge in [0.2, 0.25) is 0 Å². The van der Waals surface area contributed by atoms with Crippen LogP contribution in [0.25, 0.3) is 11.4 Å². The Balaban J connectivity index is 1.88. The van der Waals surface area contributed by atoms with E-state index in [1.165, 1.54) is 17.5 Å². The van der Waals surface area contributed by atoms with Crippen LogP contribution in [0.5, 0.6) is 0 Å². The molecule has 4 aliphatic rings. The van der Waals surface area contributed by atoms with E-state index < -0.39 is 0 Å². The highest BCUT2D eigenvalue weighted by Crippen LogP contribution is 2.38. The lowest BCUT2D eigenvalue weighted by Crippen LogP contribution is -2.54. The summed E-state index contributed by atoms with van der Waals surface area (Å²) in [4.78, 5) is 6.44. The van der Waals surface area contributed by atoms with Crippen molar-refractivity contribution in [2.75, 3.05) is 24.6 Å². The van der Waals surface area contributed by atoms with Gasteiger partial charge in [0, 0.05) is 19.1 Å². The van der Waals surface area contributed by atoms with Gasteiger partial charge in [0.1, 0.15) is 23.8 Å². The first-order valence-corrected chi connectivity index (χ1v) is 8.05. The zero-order chi connectivity index (χ0) is 15.1. The van der Waals surface area contributed by atoms with Gasteiger partial charge in [-0.05, 0) is 43.7 Å². The van der Waals surface area contributed by atoms with Crippen molar-refractivity contribution in [2.24, 2.45) is 0 Å². The molecule has 1 fully saturated rings. The molecule has 4 rings (SSSR count). The number of rotatable bonds is 1. The van der Waals surface area contributed by atoms with E-state index in [-0.39, 0.29) is 0 Å². The molecule has 2 aliphatic heterocycles. The van der Waals surface area contributed by atoms with Gasteiger partial charge in [0.05, 0.1) is 12.1 Å². The minimum atomic E-state index is 0.437. The maximum atomic E-state index is 9.58. The standard InChI is InChI=1S/C16H20N6/c1-11-9-21(7-6-18-11)22-16-13-5-3-2-4-12(13)14(8-17)15(16)19-10-20-22/h10-11,18H,2-7,9H2,1H3/t11-/m1/s1. The molecule has 1 saturated heterocycles. The number of nitrogens with one attached hydrogen (secondary N) is 1. The molecule has 6 nitrogen and oxygen atoms in total. The van der Waals surface area contributed by atoms with Crippen molar-refractivity contribution in [3.8, 4) is 17.5 Å². The third-order valence-corrected chi connectivity index (χ3v) is 4.79. The molecule has 0 aromatic carbocycles. The molecule has 114 valence electrons. The molecule has 2 aliphatic carbocycles. The van der Waals surface area contributed by atoms with E-state index in [1.807, 2.05) is 4.79 Å². The molecule has 0 amide bonds. The molecule has 0 radical (unpaired) electrons. The van der Waals surface area contributed by atoms with E-state index in [0.29, 0.717) is 6.04 Å². The molecule has 2 heterocycles. The number of aromatic nitrogens is 3. The van der Waals surface area contributed by atoms with Crippen molar-refractivity contribution in [1.29, 1.82) is 5.26 Å². The second-order valence-electron chi connectivity index (χ2n) is 6.27. The van der Waals surface area contributed by atoms with Gasteiger partial charge in [-0.15, -0.1) is 5.10 Å². The van der Waals surface area contributed by atoms with Crippen LogP contribution in [-0.4, -0.2) is 40.5 Å². The monoisotopic (exact) mass is 296 g/mol. The third-order valence-electron chi connectivity index (χ3n) is 4.79. The number of fused-ring (bicyclic) bond motifs is 3. The van der Waals surface area contributed by atoms with Gasteiger partial charge in [-0.2, -0.15) is 10.1 Å². The zero-order valence-electron chi connectivity index (χ0n) is 12.8. The fraction of sp³-hybridized carbons (Fsp3) is 0.562. The zero-order valence-corrected chi connectivity index (χ0v) is 12.8. The summed E-state index contributed by atoms with van der Waals surface area (Å²) in [6.07, 6.45) is 5.95. The predicted molar refractivity (Wildman–Crippen MR) is 83.4 cm³/mol. The highest BCUT2D eigenvalue weighted by molar-refractivity contribution is 5.76. The SMILES string of the molecule is C[C@@H]1CN(n2ncnc3c(C#N)c4c(c2-3)CCCC4)CCN1. The number of nitrogens with zero attached hydrogens (tertiary/aromatic N) is 5. The molecule has 0 unspecified atom stereocenters. The quantitative estimate of drug-likeness (QED) is 0.852. The Morgan fingerprint density at radius 3 is 2.91 bits per heavy atom. The Labute approximate surface area is 130 Å². The molecule has 0 saturated carbocycles. The summed E-state index contributed by atoms with van der Waals surface area (Å²) < 4.78 is 0. The Morgan fingerprint density at radius 2 is 2.14 bits per heavy atom. The molecule has 22 heavy (non-hydrogen) atoms. The van der Waals surface area contributed by atoms with Gasteiger partial charge >= 0.3 is 0 Å². The minimum Gasteiger partial charge on any atom is -0.311 e. The summed E-state index contributed by atoms with van der Waals surface area (Å²) in [5.41, 5.74) is 5.16. The third kappa shape index (κ3) is 1.97. The van der Waals surface area contributed by atoms with Crippen LogP contribution in [0.4, 0.5) is 0 Å². The number of nitriles is 1. The second kappa shape index (κ2) is 5.25. The summed E-state index contributed by atoms with van der Waals surface area (Å²) in [6.45, 7) is 4.97. The highest BCUT2D eigenvalue weighted by Gasteiger charge is 2.31. The average Bonchev–Trinajstić information content (AvgIpc) is 2.88. The number of hydrogen-bond donors (Lipinski definition) is 1. The molecular weight excluding hydrogens is 276 g/mol. The number of piperazine rings is 1. The first kappa shape index (κ1) is 13.5. The topological polar surface area (TPSA) is 69.8 Å². The second-order valence-corrected chi connectivity index (χ2v) is 6.27. The van der Waals surface area contributed by atoms with E-state index in [1.54, 1.807) is 6.33 Å². The maximum Gasteiger partial charge on any atom is 0.138 e. The lowest BCUT2D eigenvalue weighted by molar-refractivity contribution is 0.397. The van der Waals surface area contributed by atoms with Crippen LogP contribution >= 0.6 is 0 Å². The minimum absolute atomic E-state index is 0.437. The normalized spacial score (nSPS) is 21.6.